The molecule has 1 amide bonds. The lowest BCUT2D eigenvalue weighted by Crippen LogP contribution is -2.36. The molecule has 0 aliphatic carbocycles. The summed E-state index contributed by atoms with van der Waals surface area (Å²) >= 11 is 1.57. The van der Waals surface area contributed by atoms with Crippen LogP contribution in [0.2, 0.25) is 0 Å². The molecule has 1 fully saturated rings. The fraction of sp³-hybridized carbons (Fsp3) is 0.391. The Hall–Kier alpha value is -2.68. The van der Waals surface area contributed by atoms with E-state index in [2.05, 4.69) is 37.0 Å². The van der Waals surface area contributed by atoms with Crippen LogP contribution in [0.3, 0.4) is 0 Å². The molecule has 1 N–H and O–H groups in total. The molecule has 7 nitrogen and oxygen atoms in total. The number of thiophene rings is 1. The van der Waals surface area contributed by atoms with Crippen LogP contribution in [0.5, 0.6) is 0 Å². The monoisotopic (exact) mass is 436 g/mol. The first kappa shape index (κ1) is 21.5. The summed E-state index contributed by atoms with van der Waals surface area (Å²) in [4.78, 5) is 32.2. The van der Waals surface area contributed by atoms with Crippen molar-refractivity contribution in [3.63, 3.8) is 0 Å². The van der Waals surface area contributed by atoms with Gasteiger partial charge in [0.2, 0.25) is 5.91 Å². The van der Waals surface area contributed by atoms with Gasteiger partial charge in [-0.3, -0.25) is 14.7 Å². The third-order valence-corrected chi connectivity index (χ3v) is 6.12. The van der Waals surface area contributed by atoms with E-state index in [4.69, 9.17) is 0 Å². The van der Waals surface area contributed by atoms with Gasteiger partial charge in [-0.05, 0) is 56.1 Å². The molecule has 1 saturated heterocycles. The number of nitrogens with zero attached hydrogens (tertiary/aromatic N) is 5. The third kappa shape index (κ3) is 5.94. The number of hydrogen-bond donors (Lipinski definition) is 1. The van der Waals surface area contributed by atoms with Gasteiger partial charge in [0, 0.05) is 25.4 Å². The molecule has 4 heterocycles. The van der Waals surface area contributed by atoms with E-state index in [0.29, 0.717) is 23.9 Å². The van der Waals surface area contributed by atoms with E-state index < -0.39 is 0 Å². The fourth-order valence-corrected chi connectivity index (χ4v) is 4.44. The highest BCUT2D eigenvalue weighted by Crippen LogP contribution is 2.26. The van der Waals surface area contributed by atoms with Crippen LogP contribution in [0, 0.1) is 0 Å². The van der Waals surface area contributed by atoms with Crippen LogP contribution in [-0.2, 0) is 4.79 Å². The van der Waals surface area contributed by atoms with Gasteiger partial charge in [-0.25, -0.2) is 9.97 Å². The molecule has 8 heteroatoms. The first-order valence-electron chi connectivity index (χ1n) is 10.8. The Balaban J connectivity index is 1.48. The highest BCUT2D eigenvalue weighted by atomic mass is 32.1. The maximum absolute atomic E-state index is 12.8. The summed E-state index contributed by atoms with van der Waals surface area (Å²) in [5.74, 6) is 1.05. The van der Waals surface area contributed by atoms with Gasteiger partial charge in [-0.15, -0.1) is 11.3 Å². The minimum Gasteiger partial charge on any atom is -0.309 e. The Bertz CT molecular complexity index is 979. The molecule has 0 radical (unpaired) electrons. The van der Waals surface area contributed by atoms with Gasteiger partial charge in [-0.1, -0.05) is 19.1 Å². The van der Waals surface area contributed by atoms with E-state index in [9.17, 15) is 4.79 Å². The summed E-state index contributed by atoms with van der Waals surface area (Å²) in [6, 6.07) is 11.4. The van der Waals surface area contributed by atoms with Crippen molar-refractivity contribution in [2.24, 2.45) is 0 Å². The van der Waals surface area contributed by atoms with Crippen molar-refractivity contribution in [2.45, 2.75) is 19.8 Å². The second-order valence-corrected chi connectivity index (χ2v) is 8.62. The summed E-state index contributed by atoms with van der Waals surface area (Å²) in [6.07, 6.45) is 3.99. The number of rotatable bonds is 7. The Morgan fingerprint density at radius 3 is 2.71 bits per heavy atom. The molecule has 31 heavy (non-hydrogen) atoms. The summed E-state index contributed by atoms with van der Waals surface area (Å²) in [5.41, 5.74) is 1.45. The van der Waals surface area contributed by atoms with E-state index in [1.165, 1.54) is 6.42 Å². The van der Waals surface area contributed by atoms with E-state index in [-0.39, 0.29) is 5.91 Å². The minimum absolute atomic E-state index is 0.0493. The van der Waals surface area contributed by atoms with Crippen LogP contribution in [-0.4, -0.2) is 69.9 Å². The number of pyridine rings is 1. The van der Waals surface area contributed by atoms with E-state index in [1.54, 1.807) is 23.6 Å². The molecule has 4 rings (SSSR count). The first-order valence-corrected chi connectivity index (χ1v) is 11.7. The SMILES string of the molecule is CCCN1CCCN(CC(=O)Nc2cc(-c3ccccn3)nc(-c3cccs3)n2)CC1. The molecule has 3 aromatic heterocycles. The average Bonchev–Trinajstić information content (AvgIpc) is 3.24. The lowest BCUT2D eigenvalue weighted by Gasteiger charge is -2.21. The highest BCUT2D eigenvalue weighted by molar-refractivity contribution is 7.13. The molecule has 1 aliphatic rings. The molecule has 0 unspecified atom stereocenters. The Morgan fingerprint density at radius 1 is 1.06 bits per heavy atom. The topological polar surface area (TPSA) is 74.2 Å². The molecule has 0 atom stereocenters. The predicted octanol–water partition coefficient (Wildman–Crippen LogP) is 3.62. The van der Waals surface area contributed by atoms with Crippen LogP contribution in [0.15, 0.2) is 48.0 Å². The summed E-state index contributed by atoms with van der Waals surface area (Å²) in [7, 11) is 0. The minimum atomic E-state index is -0.0493. The van der Waals surface area contributed by atoms with Gasteiger partial charge < -0.3 is 10.2 Å². The Morgan fingerprint density at radius 2 is 1.94 bits per heavy atom. The van der Waals surface area contributed by atoms with Gasteiger partial charge >= 0.3 is 0 Å². The number of aromatic nitrogens is 3. The van der Waals surface area contributed by atoms with E-state index in [0.717, 1.165) is 49.7 Å². The maximum Gasteiger partial charge on any atom is 0.239 e. The normalized spacial score (nSPS) is 15.5. The molecule has 0 spiro atoms. The van der Waals surface area contributed by atoms with Crippen LogP contribution in [0.1, 0.15) is 19.8 Å². The molecule has 162 valence electrons. The Labute approximate surface area is 187 Å². The van der Waals surface area contributed by atoms with Crippen molar-refractivity contribution in [1.29, 1.82) is 0 Å². The molecule has 3 aromatic rings. The fourth-order valence-electron chi connectivity index (χ4n) is 3.78. The lowest BCUT2D eigenvalue weighted by atomic mass is 10.2. The van der Waals surface area contributed by atoms with E-state index in [1.807, 2.05) is 35.7 Å². The van der Waals surface area contributed by atoms with Crippen molar-refractivity contribution in [3.05, 3.63) is 48.0 Å². The number of anilines is 1. The quantitative estimate of drug-likeness (QED) is 0.610. The molecule has 0 bridgehead atoms. The van der Waals surface area contributed by atoms with Crippen LogP contribution in [0.25, 0.3) is 22.1 Å². The maximum atomic E-state index is 12.8. The molecule has 1 aliphatic heterocycles. The zero-order valence-corrected chi connectivity index (χ0v) is 18.6. The Kier molecular flexibility index (Phi) is 7.35. The number of nitrogens with one attached hydrogen (secondary N) is 1. The van der Waals surface area contributed by atoms with E-state index >= 15 is 0 Å². The predicted molar refractivity (Wildman–Crippen MR) is 125 cm³/mol. The zero-order valence-electron chi connectivity index (χ0n) is 17.8. The van der Waals surface area contributed by atoms with Crippen LogP contribution in [0.4, 0.5) is 5.82 Å². The van der Waals surface area contributed by atoms with Crippen molar-refractivity contribution >= 4 is 23.1 Å². The third-order valence-electron chi connectivity index (χ3n) is 5.25. The van der Waals surface area contributed by atoms with Gasteiger partial charge in [0.25, 0.3) is 0 Å². The second-order valence-electron chi connectivity index (χ2n) is 7.67. The average molecular weight is 437 g/mol. The van der Waals surface area contributed by atoms with Gasteiger partial charge in [0.05, 0.1) is 22.8 Å². The number of amides is 1. The van der Waals surface area contributed by atoms with Crippen LogP contribution < -0.4 is 5.32 Å². The number of carbonyl (C=O) groups is 1. The smallest absolute Gasteiger partial charge is 0.239 e. The highest BCUT2D eigenvalue weighted by Gasteiger charge is 2.18. The lowest BCUT2D eigenvalue weighted by molar-refractivity contribution is -0.117. The van der Waals surface area contributed by atoms with Crippen molar-refractivity contribution in [1.82, 2.24) is 24.8 Å². The largest absolute Gasteiger partial charge is 0.309 e. The summed E-state index contributed by atoms with van der Waals surface area (Å²) in [5, 5.41) is 4.98. The molecular formula is C23H28N6OS. The van der Waals surface area contributed by atoms with Gasteiger partial charge in [0.15, 0.2) is 5.82 Å². The molecular weight excluding hydrogens is 408 g/mol. The summed E-state index contributed by atoms with van der Waals surface area (Å²) in [6.45, 7) is 7.69. The van der Waals surface area contributed by atoms with Gasteiger partial charge in [0.1, 0.15) is 5.82 Å². The summed E-state index contributed by atoms with van der Waals surface area (Å²) < 4.78 is 0. The molecule has 0 saturated carbocycles. The van der Waals surface area contributed by atoms with Crippen molar-refractivity contribution < 1.29 is 4.79 Å². The number of carbonyl (C=O) groups excluding carboxylic acids is 1. The zero-order chi connectivity index (χ0) is 21.5. The van der Waals surface area contributed by atoms with Crippen LogP contribution >= 0.6 is 11.3 Å². The molecule has 0 aromatic carbocycles. The van der Waals surface area contributed by atoms with Crippen molar-refractivity contribution in [2.75, 3.05) is 44.6 Å². The number of hydrogen-bond acceptors (Lipinski definition) is 7. The first-order chi connectivity index (χ1) is 15.2. The second kappa shape index (κ2) is 10.6. The standard InChI is InChI=1S/C23H28N6OS/c1-2-10-28-11-6-12-29(14-13-28)17-22(30)26-21-16-19(18-7-3-4-9-24-18)25-23(27-21)20-8-5-15-31-20/h3-5,7-9,15-16H,2,6,10-14,17H2,1H3,(H,25,26,27,30). The van der Waals surface area contributed by atoms with Gasteiger partial charge in [-0.2, -0.15) is 0 Å². The van der Waals surface area contributed by atoms with Crippen molar-refractivity contribution in [3.8, 4) is 22.1 Å².